The van der Waals surface area contributed by atoms with Gasteiger partial charge in [-0.15, -0.1) is 17.5 Å². The number of rotatable bonds is 3. The third kappa shape index (κ3) is 3.07. The van der Waals surface area contributed by atoms with E-state index in [0.717, 1.165) is 23.4 Å². The molecule has 106 valence electrons. The molecular weight excluding hydrogens is 284 g/mol. The molecule has 2 saturated heterocycles. The highest BCUT2D eigenvalue weighted by Gasteiger charge is 2.36. The second kappa shape index (κ2) is 6.15. The van der Waals surface area contributed by atoms with Crippen LogP contribution in [0.5, 0.6) is 0 Å². The average Bonchev–Trinajstić information content (AvgIpc) is 2.82. The Kier molecular flexibility index (Phi) is 4.76. The lowest BCUT2D eigenvalue weighted by molar-refractivity contribution is 0.127. The minimum atomic E-state index is 0. The minimum absolute atomic E-state index is 0. The fraction of sp³-hybridized carbons (Fsp3) is 0.750. The summed E-state index contributed by atoms with van der Waals surface area (Å²) in [5, 5.41) is 8.28. The van der Waals surface area contributed by atoms with Gasteiger partial charge in [-0.25, -0.2) is 0 Å². The lowest BCUT2D eigenvalue weighted by atomic mass is 10.0. The van der Waals surface area contributed by atoms with Gasteiger partial charge in [0.25, 0.3) is 0 Å². The summed E-state index contributed by atoms with van der Waals surface area (Å²) in [5.74, 6) is 0. The summed E-state index contributed by atoms with van der Waals surface area (Å²) in [7, 11) is 2.23. The van der Waals surface area contributed by atoms with Crippen LogP contribution in [0.15, 0.2) is 5.16 Å². The van der Waals surface area contributed by atoms with Crippen LogP contribution >= 0.6 is 23.9 Å². The van der Waals surface area contributed by atoms with E-state index in [2.05, 4.69) is 26.7 Å². The first-order valence-electron chi connectivity index (χ1n) is 6.41. The molecule has 3 heterocycles. The molecule has 0 amide bonds. The Morgan fingerprint density at radius 2 is 2.05 bits per heavy atom. The number of piperidine rings is 1. The molecule has 2 fully saturated rings. The van der Waals surface area contributed by atoms with Crippen molar-refractivity contribution in [2.45, 2.75) is 51.3 Å². The van der Waals surface area contributed by atoms with Crippen molar-refractivity contribution in [2.75, 3.05) is 7.05 Å². The van der Waals surface area contributed by atoms with E-state index in [0.29, 0.717) is 18.7 Å². The molecule has 2 unspecified atom stereocenters. The monoisotopic (exact) mass is 302 g/mol. The fourth-order valence-corrected chi connectivity index (χ4v) is 3.39. The van der Waals surface area contributed by atoms with Gasteiger partial charge in [0.2, 0.25) is 0 Å². The average molecular weight is 303 g/mol. The van der Waals surface area contributed by atoms with Crippen molar-refractivity contribution in [2.24, 2.45) is 5.16 Å². The molecule has 3 rings (SSSR count). The highest BCUT2D eigenvalue weighted by atomic mass is 35.5. The quantitative estimate of drug-likeness (QED) is 0.805. The van der Waals surface area contributed by atoms with Crippen molar-refractivity contribution < 1.29 is 4.84 Å². The van der Waals surface area contributed by atoms with Gasteiger partial charge in [-0.1, -0.05) is 9.64 Å². The molecule has 2 atom stereocenters. The van der Waals surface area contributed by atoms with Gasteiger partial charge in [-0.2, -0.15) is 0 Å². The predicted octanol–water partition coefficient (Wildman–Crippen LogP) is 2.40. The van der Waals surface area contributed by atoms with Crippen molar-refractivity contribution in [3.8, 4) is 0 Å². The zero-order chi connectivity index (χ0) is 12.5. The van der Waals surface area contributed by atoms with Crippen LogP contribution in [0.3, 0.4) is 0 Å². The molecule has 19 heavy (non-hydrogen) atoms. The van der Waals surface area contributed by atoms with Crippen molar-refractivity contribution in [1.82, 2.24) is 14.5 Å². The largest absolute Gasteiger partial charge is 0.390 e. The maximum atomic E-state index is 5.46. The van der Waals surface area contributed by atoms with Crippen molar-refractivity contribution >= 4 is 29.7 Å². The molecule has 0 aliphatic carbocycles. The first-order chi connectivity index (χ1) is 8.74. The van der Waals surface area contributed by atoms with Gasteiger partial charge >= 0.3 is 0 Å². The van der Waals surface area contributed by atoms with E-state index in [9.17, 15) is 0 Å². The maximum absolute atomic E-state index is 5.46. The van der Waals surface area contributed by atoms with E-state index >= 15 is 0 Å². The van der Waals surface area contributed by atoms with E-state index in [1.165, 1.54) is 30.1 Å². The zero-order valence-electron chi connectivity index (χ0n) is 11.2. The Balaban J connectivity index is 0.00000133. The summed E-state index contributed by atoms with van der Waals surface area (Å²) in [6, 6.07) is 1.36. The van der Waals surface area contributed by atoms with Crippen LogP contribution < -0.4 is 0 Å². The van der Waals surface area contributed by atoms with E-state index in [4.69, 9.17) is 4.84 Å². The highest BCUT2D eigenvalue weighted by Crippen LogP contribution is 2.32. The third-order valence-corrected chi connectivity index (χ3v) is 4.86. The molecule has 2 aliphatic heterocycles. The third-order valence-electron chi connectivity index (χ3n) is 4.06. The second-order valence-electron chi connectivity index (χ2n) is 5.17. The summed E-state index contributed by atoms with van der Waals surface area (Å²) in [5.41, 5.74) is 2.17. The standard InChI is InChI=1S/C12H18N4OS.ClH/c1-8-12(18-15-13-8)7-17-14-9-5-10-3-4-11(6-9)16(10)2;/h10-11H,3-7H2,1-2H3;1H. The Hall–Kier alpha value is -0.720. The predicted molar refractivity (Wildman–Crippen MR) is 77.9 cm³/mol. The number of hydrogen-bond donors (Lipinski definition) is 0. The molecule has 0 aromatic carbocycles. The van der Waals surface area contributed by atoms with Gasteiger partial charge in [0.1, 0.15) is 0 Å². The van der Waals surface area contributed by atoms with Crippen LogP contribution in [-0.2, 0) is 11.4 Å². The number of nitrogens with zero attached hydrogens (tertiary/aromatic N) is 4. The Morgan fingerprint density at radius 1 is 1.37 bits per heavy atom. The van der Waals surface area contributed by atoms with Gasteiger partial charge in [-0.3, -0.25) is 4.90 Å². The number of hydrogen-bond acceptors (Lipinski definition) is 6. The second-order valence-corrected chi connectivity index (χ2v) is 6.01. The van der Waals surface area contributed by atoms with Crippen molar-refractivity contribution in [3.05, 3.63) is 10.6 Å². The van der Waals surface area contributed by atoms with Crippen molar-refractivity contribution in [1.29, 1.82) is 0 Å². The summed E-state index contributed by atoms with van der Waals surface area (Å²) < 4.78 is 3.89. The van der Waals surface area contributed by atoms with Crippen LogP contribution in [0.4, 0.5) is 0 Å². The molecule has 0 radical (unpaired) electrons. The smallest absolute Gasteiger partial charge is 0.154 e. The molecule has 0 spiro atoms. The van der Waals surface area contributed by atoms with E-state index in [1.807, 2.05) is 6.92 Å². The number of halogens is 1. The first-order valence-corrected chi connectivity index (χ1v) is 7.19. The maximum Gasteiger partial charge on any atom is 0.154 e. The Bertz CT molecular complexity index is 448. The molecule has 0 N–H and O–H groups in total. The first kappa shape index (κ1) is 14.7. The molecule has 5 nitrogen and oxygen atoms in total. The summed E-state index contributed by atoms with van der Waals surface area (Å²) in [4.78, 5) is 9.02. The Labute approximate surface area is 123 Å². The van der Waals surface area contributed by atoms with E-state index in [1.54, 1.807) is 0 Å². The molecule has 1 aromatic rings. The van der Waals surface area contributed by atoms with Gasteiger partial charge in [0, 0.05) is 24.9 Å². The summed E-state index contributed by atoms with van der Waals surface area (Å²) in [6.45, 7) is 2.45. The Morgan fingerprint density at radius 3 is 2.63 bits per heavy atom. The SMILES string of the molecule is Cc1nnsc1CON=C1CC2CCC(C1)N2C.Cl. The molecule has 2 bridgehead atoms. The number of aromatic nitrogens is 2. The molecular formula is C12H19ClN4OS. The molecule has 1 aromatic heterocycles. The lowest BCUT2D eigenvalue weighted by Crippen LogP contribution is -2.40. The van der Waals surface area contributed by atoms with Gasteiger partial charge in [-0.05, 0) is 38.3 Å². The minimum Gasteiger partial charge on any atom is -0.390 e. The van der Waals surface area contributed by atoms with Crippen LogP contribution in [-0.4, -0.2) is 39.3 Å². The summed E-state index contributed by atoms with van der Waals surface area (Å²) >= 11 is 1.39. The van der Waals surface area contributed by atoms with Gasteiger partial charge < -0.3 is 4.84 Å². The van der Waals surface area contributed by atoms with Gasteiger partial charge in [0.15, 0.2) is 6.61 Å². The van der Waals surface area contributed by atoms with E-state index in [-0.39, 0.29) is 12.4 Å². The van der Waals surface area contributed by atoms with Crippen LogP contribution in [0.1, 0.15) is 36.3 Å². The molecule has 7 heteroatoms. The number of aryl methyl sites for hydroxylation is 1. The number of oxime groups is 1. The zero-order valence-corrected chi connectivity index (χ0v) is 12.8. The van der Waals surface area contributed by atoms with Crippen LogP contribution in [0.25, 0.3) is 0 Å². The number of fused-ring (bicyclic) bond motifs is 2. The van der Waals surface area contributed by atoms with Crippen LogP contribution in [0.2, 0.25) is 0 Å². The van der Waals surface area contributed by atoms with Crippen molar-refractivity contribution in [3.63, 3.8) is 0 Å². The normalized spacial score (nSPS) is 26.1. The van der Waals surface area contributed by atoms with Gasteiger partial charge in [0.05, 0.1) is 16.3 Å². The molecule has 2 aliphatic rings. The lowest BCUT2D eigenvalue weighted by Gasteiger charge is -2.31. The summed E-state index contributed by atoms with van der Waals surface area (Å²) in [6.07, 6.45) is 4.73. The van der Waals surface area contributed by atoms with E-state index < -0.39 is 0 Å². The fourth-order valence-electron chi connectivity index (χ4n) is 2.85. The highest BCUT2D eigenvalue weighted by molar-refractivity contribution is 7.05. The molecule has 0 saturated carbocycles. The topological polar surface area (TPSA) is 50.6 Å². The van der Waals surface area contributed by atoms with Crippen LogP contribution in [0, 0.1) is 6.92 Å².